The van der Waals surface area contributed by atoms with Gasteiger partial charge in [-0.1, -0.05) is 6.58 Å². The predicted octanol–water partition coefficient (Wildman–Crippen LogP) is 2.91. The van der Waals surface area contributed by atoms with E-state index in [4.69, 9.17) is 5.10 Å². The monoisotopic (exact) mass is 419 g/mol. The average Bonchev–Trinajstić information content (AvgIpc) is 3.17. The Bertz CT molecular complexity index is 1140. The van der Waals surface area contributed by atoms with Gasteiger partial charge >= 0.3 is 0 Å². The fraction of sp³-hybridized carbons (Fsp3) is 0.217. The van der Waals surface area contributed by atoms with Crippen LogP contribution in [0.25, 0.3) is 22.4 Å². The van der Waals surface area contributed by atoms with Crippen LogP contribution in [-0.2, 0) is 16.1 Å². The van der Waals surface area contributed by atoms with Gasteiger partial charge in [0, 0.05) is 37.6 Å². The smallest absolute Gasteiger partial charge is 0.248 e. The number of likely N-dealkylation sites (N-methyl/N-ethyl adjacent to an activating group) is 1. The third-order valence-corrected chi connectivity index (χ3v) is 5.34. The normalized spacial score (nSPS) is 15.3. The molecule has 0 bridgehead atoms. The lowest BCUT2D eigenvalue weighted by atomic mass is 9.98. The molecule has 2 amide bonds. The summed E-state index contributed by atoms with van der Waals surface area (Å²) >= 11 is 0. The van der Waals surface area contributed by atoms with Crippen LogP contribution in [0.2, 0.25) is 0 Å². The van der Waals surface area contributed by atoms with Crippen molar-refractivity contribution in [1.82, 2.24) is 24.6 Å². The molecule has 1 aliphatic heterocycles. The van der Waals surface area contributed by atoms with Crippen molar-refractivity contribution in [3.63, 3.8) is 0 Å². The maximum Gasteiger partial charge on any atom is 0.248 e. The molecule has 0 aliphatic carbocycles. The lowest BCUT2D eigenvalue weighted by Crippen LogP contribution is -2.46. The molecule has 1 aromatic carbocycles. The molecule has 8 heteroatoms. The Kier molecular flexibility index (Phi) is 5.37. The van der Waals surface area contributed by atoms with Crippen molar-refractivity contribution in [2.75, 3.05) is 20.6 Å². The zero-order valence-corrected chi connectivity index (χ0v) is 17.3. The quantitative estimate of drug-likeness (QED) is 0.610. The molecule has 31 heavy (non-hydrogen) atoms. The van der Waals surface area contributed by atoms with Gasteiger partial charge in [-0.3, -0.25) is 19.3 Å². The van der Waals surface area contributed by atoms with Crippen LogP contribution in [0.4, 0.5) is 4.39 Å². The topological polar surface area (TPSA) is 71.3 Å². The summed E-state index contributed by atoms with van der Waals surface area (Å²) < 4.78 is 15.2. The molecule has 3 aromatic rings. The Hall–Kier alpha value is -3.81. The largest absolute Gasteiger partial charge is 0.347 e. The van der Waals surface area contributed by atoms with E-state index in [0.717, 1.165) is 16.8 Å². The number of carbonyl (C=O) groups excluding carboxylic acids is 2. The Morgan fingerprint density at radius 2 is 1.81 bits per heavy atom. The first-order chi connectivity index (χ1) is 14.9. The summed E-state index contributed by atoms with van der Waals surface area (Å²) in [6.45, 7) is 4.05. The molecule has 0 saturated carbocycles. The number of aromatic nitrogens is 3. The summed E-state index contributed by atoms with van der Waals surface area (Å²) in [5.74, 6) is -0.771. The molecule has 1 atom stereocenters. The van der Waals surface area contributed by atoms with Gasteiger partial charge in [0.2, 0.25) is 11.8 Å². The van der Waals surface area contributed by atoms with E-state index >= 15 is 0 Å². The molecule has 0 saturated heterocycles. The summed E-state index contributed by atoms with van der Waals surface area (Å²) in [5, 5.41) is 4.79. The van der Waals surface area contributed by atoms with E-state index in [1.807, 2.05) is 12.1 Å². The van der Waals surface area contributed by atoms with Crippen LogP contribution in [0, 0.1) is 5.82 Å². The SMILES string of the molecule is C=CC(=O)N1Cc2c(-c3ccncc3)c(-c3ccc(F)cc3)nn2C(C(=O)N(C)C)C1. The van der Waals surface area contributed by atoms with Gasteiger partial charge < -0.3 is 9.80 Å². The van der Waals surface area contributed by atoms with Crippen LogP contribution < -0.4 is 0 Å². The molecular formula is C23H22FN5O2. The van der Waals surface area contributed by atoms with Crippen molar-refractivity contribution in [3.8, 4) is 22.4 Å². The van der Waals surface area contributed by atoms with E-state index < -0.39 is 6.04 Å². The van der Waals surface area contributed by atoms with Crippen LogP contribution in [0.1, 0.15) is 11.7 Å². The number of nitrogens with zero attached hydrogens (tertiary/aromatic N) is 5. The molecule has 1 aliphatic rings. The highest BCUT2D eigenvalue weighted by atomic mass is 19.1. The van der Waals surface area contributed by atoms with E-state index in [1.165, 1.54) is 23.1 Å². The van der Waals surface area contributed by atoms with Crippen molar-refractivity contribution in [2.24, 2.45) is 0 Å². The zero-order valence-electron chi connectivity index (χ0n) is 17.3. The molecule has 2 aromatic heterocycles. The van der Waals surface area contributed by atoms with Crippen molar-refractivity contribution < 1.29 is 14.0 Å². The third kappa shape index (κ3) is 3.72. The van der Waals surface area contributed by atoms with Gasteiger partial charge in [-0.05, 0) is 48.0 Å². The number of rotatable bonds is 4. The minimum Gasteiger partial charge on any atom is -0.347 e. The number of amides is 2. The molecule has 0 N–H and O–H groups in total. The Balaban J connectivity index is 1.97. The summed E-state index contributed by atoms with van der Waals surface area (Å²) in [6, 6.07) is 9.08. The van der Waals surface area contributed by atoms with Gasteiger partial charge in [0.15, 0.2) is 0 Å². The minimum absolute atomic E-state index is 0.169. The fourth-order valence-corrected chi connectivity index (χ4v) is 3.82. The second-order valence-electron chi connectivity index (χ2n) is 7.53. The lowest BCUT2D eigenvalue weighted by Gasteiger charge is -2.34. The first-order valence-electron chi connectivity index (χ1n) is 9.81. The molecule has 0 radical (unpaired) electrons. The van der Waals surface area contributed by atoms with Crippen molar-refractivity contribution >= 4 is 11.8 Å². The summed E-state index contributed by atoms with van der Waals surface area (Å²) in [5.41, 5.74) is 3.69. The van der Waals surface area contributed by atoms with Gasteiger partial charge in [-0.25, -0.2) is 4.39 Å². The van der Waals surface area contributed by atoms with Crippen LogP contribution >= 0.6 is 0 Å². The fourth-order valence-electron chi connectivity index (χ4n) is 3.82. The van der Waals surface area contributed by atoms with Gasteiger partial charge in [0.25, 0.3) is 0 Å². The van der Waals surface area contributed by atoms with Gasteiger partial charge in [0.05, 0.1) is 18.8 Å². The summed E-state index contributed by atoms with van der Waals surface area (Å²) in [4.78, 5) is 32.6. The Labute approximate surface area is 179 Å². The zero-order chi connectivity index (χ0) is 22.1. The average molecular weight is 419 g/mol. The number of fused-ring (bicyclic) bond motifs is 1. The summed E-state index contributed by atoms with van der Waals surface area (Å²) in [6.07, 6.45) is 4.59. The molecule has 7 nitrogen and oxygen atoms in total. The van der Waals surface area contributed by atoms with E-state index in [0.29, 0.717) is 11.3 Å². The number of benzene rings is 1. The second kappa shape index (κ2) is 8.14. The van der Waals surface area contributed by atoms with E-state index in [9.17, 15) is 14.0 Å². The van der Waals surface area contributed by atoms with Crippen molar-refractivity contribution in [2.45, 2.75) is 12.6 Å². The molecule has 3 heterocycles. The third-order valence-electron chi connectivity index (χ3n) is 5.34. The number of pyridine rings is 1. The Morgan fingerprint density at radius 1 is 1.13 bits per heavy atom. The Morgan fingerprint density at radius 3 is 2.42 bits per heavy atom. The second-order valence-corrected chi connectivity index (χ2v) is 7.53. The highest BCUT2D eigenvalue weighted by Crippen LogP contribution is 2.38. The predicted molar refractivity (Wildman–Crippen MR) is 114 cm³/mol. The molecular weight excluding hydrogens is 397 g/mol. The highest BCUT2D eigenvalue weighted by Gasteiger charge is 2.37. The van der Waals surface area contributed by atoms with E-state index in [1.54, 1.807) is 48.2 Å². The minimum atomic E-state index is -0.683. The van der Waals surface area contributed by atoms with E-state index in [2.05, 4.69) is 11.6 Å². The first kappa shape index (κ1) is 20.5. The first-order valence-corrected chi connectivity index (χ1v) is 9.81. The van der Waals surface area contributed by atoms with Crippen molar-refractivity contribution in [1.29, 1.82) is 0 Å². The number of hydrogen-bond acceptors (Lipinski definition) is 4. The molecule has 4 rings (SSSR count). The number of carbonyl (C=O) groups is 2. The van der Waals surface area contributed by atoms with Gasteiger partial charge in [-0.15, -0.1) is 0 Å². The van der Waals surface area contributed by atoms with Crippen LogP contribution in [-0.4, -0.2) is 57.0 Å². The number of hydrogen-bond donors (Lipinski definition) is 0. The maximum absolute atomic E-state index is 13.6. The molecule has 158 valence electrons. The van der Waals surface area contributed by atoms with Gasteiger partial charge in [0.1, 0.15) is 17.6 Å². The van der Waals surface area contributed by atoms with E-state index in [-0.39, 0.29) is 30.7 Å². The maximum atomic E-state index is 13.6. The van der Waals surface area contributed by atoms with Crippen LogP contribution in [0.3, 0.4) is 0 Å². The summed E-state index contributed by atoms with van der Waals surface area (Å²) in [7, 11) is 3.34. The van der Waals surface area contributed by atoms with Crippen LogP contribution in [0.15, 0.2) is 61.4 Å². The highest BCUT2D eigenvalue weighted by molar-refractivity contribution is 5.90. The molecule has 0 spiro atoms. The lowest BCUT2D eigenvalue weighted by molar-refractivity contribution is -0.136. The molecule has 0 fully saturated rings. The van der Waals surface area contributed by atoms with Crippen LogP contribution in [0.5, 0.6) is 0 Å². The van der Waals surface area contributed by atoms with Gasteiger partial charge in [-0.2, -0.15) is 5.10 Å². The van der Waals surface area contributed by atoms with Crippen molar-refractivity contribution in [3.05, 3.63) is 73.0 Å². The standard InChI is InChI=1S/C23H22FN5O2/c1-4-20(30)28-13-18-21(15-9-11-25-12-10-15)22(16-5-7-17(24)8-6-16)26-29(18)19(14-28)23(31)27(2)3/h4-12,19H,1,13-14H2,2-3H3. The number of halogens is 1. The molecule has 1 unspecified atom stereocenters.